The van der Waals surface area contributed by atoms with Crippen LogP contribution < -0.4 is 9.84 Å². The van der Waals surface area contributed by atoms with Crippen molar-refractivity contribution in [2.45, 2.75) is 0 Å². The largest absolute Gasteiger partial charge is 0.868 e. The van der Waals surface area contributed by atoms with Crippen LogP contribution in [0.15, 0.2) is 48.5 Å². The molecule has 0 heterocycles. The van der Waals surface area contributed by atoms with E-state index in [1.165, 1.54) is 25.3 Å². The molecule has 112 valence electrons. The zero-order valence-electron chi connectivity index (χ0n) is 11.7. The van der Waals surface area contributed by atoms with Crippen LogP contribution in [0.4, 0.5) is 5.69 Å². The van der Waals surface area contributed by atoms with Crippen LogP contribution >= 0.6 is 0 Å². The average molecular weight is 298 g/mol. The number of nitro groups is 1. The summed E-state index contributed by atoms with van der Waals surface area (Å²) in [7, 11) is 1.50. The minimum atomic E-state index is -0.746. The molecule has 2 rings (SSSR count). The summed E-state index contributed by atoms with van der Waals surface area (Å²) in [4.78, 5) is 22.0. The number of benzene rings is 2. The number of nitro benzene ring substituents is 1. The van der Waals surface area contributed by atoms with Gasteiger partial charge in [-0.1, -0.05) is 30.3 Å². The van der Waals surface area contributed by atoms with Gasteiger partial charge in [-0.2, -0.15) is 0 Å². The fourth-order valence-corrected chi connectivity index (χ4v) is 1.83. The van der Waals surface area contributed by atoms with Crippen LogP contribution in [0, 0.1) is 10.1 Å². The molecule has 0 spiro atoms. The van der Waals surface area contributed by atoms with Gasteiger partial charge in [0.25, 0.3) is 5.69 Å². The molecule has 0 fully saturated rings. The summed E-state index contributed by atoms with van der Waals surface area (Å²) >= 11 is 0. The molecule has 0 saturated carbocycles. The number of ketones is 1. The second-order valence-corrected chi connectivity index (χ2v) is 4.41. The highest BCUT2D eigenvalue weighted by Gasteiger charge is 2.07. The Morgan fingerprint density at radius 1 is 1.23 bits per heavy atom. The van der Waals surface area contributed by atoms with Gasteiger partial charge < -0.3 is 9.84 Å². The second kappa shape index (κ2) is 6.53. The van der Waals surface area contributed by atoms with Crippen LogP contribution in [0.25, 0.3) is 6.08 Å². The van der Waals surface area contributed by atoms with Gasteiger partial charge in [0.05, 0.1) is 12.0 Å². The molecule has 22 heavy (non-hydrogen) atoms. The predicted molar refractivity (Wildman–Crippen MR) is 78.9 cm³/mol. The highest BCUT2D eigenvalue weighted by molar-refractivity contribution is 6.07. The summed E-state index contributed by atoms with van der Waals surface area (Å²) in [6.45, 7) is 0. The summed E-state index contributed by atoms with van der Waals surface area (Å²) in [6.07, 6.45) is 2.71. The normalized spacial score (nSPS) is 10.6. The molecule has 0 radical (unpaired) electrons. The molecule has 6 nitrogen and oxygen atoms in total. The van der Waals surface area contributed by atoms with E-state index in [2.05, 4.69) is 0 Å². The Hall–Kier alpha value is -3.15. The SMILES string of the molecule is COc1cccc(C(=O)/C=C/c2ccc([O-])c([N+](=O)[O-])c2)c1. The Bertz CT molecular complexity index is 752. The third-order valence-corrected chi connectivity index (χ3v) is 2.96. The number of carbonyl (C=O) groups excluding carboxylic acids is 1. The van der Waals surface area contributed by atoms with Crippen molar-refractivity contribution in [3.63, 3.8) is 0 Å². The van der Waals surface area contributed by atoms with Gasteiger partial charge in [0.1, 0.15) is 5.75 Å². The summed E-state index contributed by atoms with van der Waals surface area (Å²) < 4.78 is 5.04. The van der Waals surface area contributed by atoms with E-state index in [4.69, 9.17) is 4.74 Å². The number of allylic oxidation sites excluding steroid dienone is 1. The van der Waals surface area contributed by atoms with Crippen molar-refractivity contribution in [1.82, 2.24) is 0 Å². The van der Waals surface area contributed by atoms with Crippen molar-refractivity contribution >= 4 is 17.5 Å². The molecule has 0 atom stereocenters. The van der Waals surface area contributed by atoms with Gasteiger partial charge in [0.2, 0.25) is 0 Å². The Kier molecular flexibility index (Phi) is 4.53. The van der Waals surface area contributed by atoms with Crippen LogP contribution in [0.1, 0.15) is 15.9 Å². The van der Waals surface area contributed by atoms with Gasteiger partial charge in [-0.15, -0.1) is 0 Å². The van der Waals surface area contributed by atoms with Gasteiger partial charge in [0.15, 0.2) is 5.78 Å². The van der Waals surface area contributed by atoms with Gasteiger partial charge in [-0.3, -0.25) is 14.9 Å². The minimum Gasteiger partial charge on any atom is -0.868 e. The number of nitrogens with zero attached hydrogens (tertiary/aromatic N) is 1. The lowest BCUT2D eigenvalue weighted by atomic mass is 10.1. The molecule has 0 aliphatic rings. The molecule has 0 saturated heterocycles. The Morgan fingerprint density at radius 3 is 2.68 bits per heavy atom. The maximum absolute atomic E-state index is 12.0. The van der Waals surface area contributed by atoms with Crippen LogP contribution in [0.3, 0.4) is 0 Å². The Labute approximate surface area is 126 Å². The minimum absolute atomic E-state index is 0.271. The maximum Gasteiger partial charge on any atom is 0.262 e. The van der Waals surface area contributed by atoms with E-state index in [-0.39, 0.29) is 5.78 Å². The molecule has 0 aliphatic carbocycles. The molecule has 0 aliphatic heterocycles. The summed E-state index contributed by atoms with van der Waals surface area (Å²) in [5.41, 5.74) is 0.323. The first-order chi connectivity index (χ1) is 10.5. The van der Waals surface area contributed by atoms with Crippen LogP contribution in [0.2, 0.25) is 0 Å². The third-order valence-electron chi connectivity index (χ3n) is 2.96. The molecule has 2 aromatic rings. The fourth-order valence-electron chi connectivity index (χ4n) is 1.83. The van der Waals surface area contributed by atoms with E-state index >= 15 is 0 Å². The molecular formula is C16H12NO5-. The lowest BCUT2D eigenvalue weighted by Gasteiger charge is -2.06. The van der Waals surface area contributed by atoms with Gasteiger partial charge in [-0.05, 0) is 29.5 Å². The zero-order valence-corrected chi connectivity index (χ0v) is 11.7. The van der Waals surface area contributed by atoms with E-state index in [0.717, 1.165) is 12.1 Å². The number of ether oxygens (including phenoxy) is 1. The third kappa shape index (κ3) is 3.49. The Morgan fingerprint density at radius 2 is 2.00 bits per heavy atom. The first-order valence-electron chi connectivity index (χ1n) is 6.33. The number of methoxy groups -OCH3 is 1. The highest BCUT2D eigenvalue weighted by Crippen LogP contribution is 2.24. The van der Waals surface area contributed by atoms with Gasteiger partial charge in [-0.25, -0.2) is 0 Å². The van der Waals surface area contributed by atoms with E-state index in [1.807, 2.05) is 0 Å². The fraction of sp³-hybridized carbons (Fsp3) is 0.0625. The maximum atomic E-state index is 12.0. The van der Waals surface area contributed by atoms with Crippen LogP contribution in [-0.4, -0.2) is 17.8 Å². The Balaban J connectivity index is 2.22. The number of rotatable bonds is 5. The highest BCUT2D eigenvalue weighted by atomic mass is 16.6. The molecule has 0 N–H and O–H groups in total. The van der Waals surface area contributed by atoms with E-state index in [0.29, 0.717) is 16.9 Å². The monoisotopic (exact) mass is 298 g/mol. The number of carbonyl (C=O) groups is 1. The first-order valence-corrected chi connectivity index (χ1v) is 6.33. The van der Waals surface area contributed by atoms with E-state index in [1.54, 1.807) is 24.3 Å². The summed E-state index contributed by atoms with van der Waals surface area (Å²) in [6, 6.07) is 10.3. The first kappa shape index (κ1) is 15.2. The topological polar surface area (TPSA) is 92.5 Å². The van der Waals surface area contributed by atoms with Crippen molar-refractivity contribution in [3.05, 3.63) is 69.8 Å². The molecule has 2 aromatic carbocycles. The van der Waals surface area contributed by atoms with Gasteiger partial charge in [0, 0.05) is 11.6 Å². The van der Waals surface area contributed by atoms with E-state index < -0.39 is 16.4 Å². The number of hydrogen-bond acceptors (Lipinski definition) is 5. The van der Waals surface area contributed by atoms with Crippen molar-refractivity contribution < 1.29 is 19.6 Å². The lowest BCUT2D eigenvalue weighted by molar-refractivity contribution is -0.398. The lowest BCUT2D eigenvalue weighted by Crippen LogP contribution is -1.98. The van der Waals surface area contributed by atoms with E-state index in [9.17, 15) is 20.0 Å². The number of hydrogen-bond donors (Lipinski definition) is 0. The molecule has 0 unspecified atom stereocenters. The molecule has 6 heteroatoms. The predicted octanol–water partition coefficient (Wildman–Crippen LogP) is 2.57. The molecular weight excluding hydrogens is 286 g/mol. The standard InChI is InChI=1S/C16H13NO5/c1-22-13-4-2-3-12(10-13)15(18)7-5-11-6-8-16(19)14(9-11)17(20)21/h2-10,19H,1H3/p-1/b7-5+. The van der Waals surface area contributed by atoms with Crippen LogP contribution in [-0.2, 0) is 0 Å². The molecule has 0 amide bonds. The second-order valence-electron chi connectivity index (χ2n) is 4.41. The smallest absolute Gasteiger partial charge is 0.262 e. The summed E-state index contributed by atoms with van der Waals surface area (Å²) in [5, 5.41) is 22.0. The average Bonchev–Trinajstić information content (AvgIpc) is 2.53. The van der Waals surface area contributed by atoms with Crippen LogP contribution in [0.5, 0.6) is 11.5 Å². The van der Waals surface area contributed by atoms with Crippen molar-refractivity contribution in [2.75, 3.05) is 7.11 Å². The van der Waals surface area contributed by atoms with Crippen molar-refractivity contribution in [2.24, 2.45) is 0 Å². The molecule has 0 bridgehead atoms. The van der Waals surface area contributed by atoms with Crippen molar-refractivity contribution in [3.8, 4) is 11.5 Å². The van der Waals surface area contributed by atoms with Crippen molar-refractivity contribution in [1.29, 1.82) is 0 Å². The quantitative estimate of drug-likeness (QED) is 0.366. The summed E-state index contributed by atoms with van der Waals surface area (Å²) in [5.74, 6) is -0.375. The zero-order chi connectivity index (χ0) is 16.1. The van der Waals surface area contributed by atoms with Gasteiger partial charge >= 0.3 is 0 Å². The molecule has 0 aromatic heterocycles.